The number of rotatable bonds is 7. The average Bonchev–Trinajstić information content (AvgIpc) is 2.14. The van der Waals surface area contributed by atoms with E-state index in [1.807, 2.05) is 6.08 Å². The Hall–Kier alpha value is -0.300. The Morgan fingerprint density at radius 3 is 2.00 bits per heavy atom. The van der Waals surface area contributed by atoms with Crippen LogP contribution >= 0.6 is 0 Å². The molecule has 0 saturated carbocycles. The van der Waals surface area contributed by atoms with Gasteiger partial charge in [-0.15, -0.1) is 6.58 Å². The summed E-state index contributed by atoms with van der Waals surface area (Å²) < 4.78 is 0. The molecule has 0 radical (unpaired) electrons. The fraction of sp³-hybridized carbons (Fsp3) is 0.818. The maximum Gasteiger partial charge on any atom is 0.0173 e. The summed E-state index contributed by atoms with van der Waals surface area (Å²) in [6.07, 6.45) is 6.70. The molecule has 0 spiro atoms. The largest absolute Gasteiger partial charge is 0.311 e. The Labute approximate surface area is 77.2 Å². The van der Waals surface area contributed by atoms with Crippen LogP contribution in [0.4, 0.5) is 0 Å². The van der Waals surface area contributed by atoms with Gasteiger partial charge in [0.05, 0.1) is 0 Å². The first-order chi connectivity index (χ1) is 5.74. The summed E-state index contributed by atoms with van der Waals surface area (Å²) in [6, 6.07) is 0. The average molecular weight is 169 g/mol. The van der Waals surface area contributed by atoms with Gasteiger partial charge < -0.3 is 5.32 Å². The molecule has 12 heavy (non-hydrogen) atoms. The van der Waals surface area contributed by atoms with Crippen LogP contribution < -0.4 is 5.32 Å². The van der Waals surface area contributed by atoms with Gasteiger partial charge in [0.25, 0.3) is 0 Å². The zero-order valence-electron chi connectivity index (χ0n) is 8.82. The van der Waals surface area contributed by atoms with Crippen LogP contribution in [-0.4, -0.2) is 12.1 Å². The molecule has 0 fully saturated rings. The molecule has 0 amide bonds. The lowest BCUT2D eigenvalue weighted by molar-refractivity contribution is 0.293. The maximum atomic E-state index is 3.72. The number of hydrogen-bond acceptors (Lipinski definition) is 1. The van der Waals surface area contributed by atoms with Crippen LogP contribution in [0.1, 0.15) is 46.5 Å². The molecule has 0 aliphatic rings. The zero-order chi connectivity index (χ0) is 9.45. The van der Waals surface area contributed by atoms with Crippen LogP contribution in [0.25, 0.3) is 0 Å². The Bertz CT molecular complexity index is 106. The molecular weight excluding hydrogens is 146 g/mol. The van der Waals surface area contributed by atoms with E-state index in [4.69, 9.17) is 0 Å². The van der Waals surface area contributed by atoms with Gasteiger partial charge in [-0.1, -0.05) is 26.8 Å². The summed E-state index contributed by atoms with van der Waals surface area (Å²) in [5.41, 5.74) is 0.378. The molecule has 0 aromatic heterocycles. The zero-order valence-corrected chi connectivity index (χ0v) is 8.82. The molecule has 0 aromatic rings. The van der Waals surface area contributed by atoms with Crippen molar-refractivity contribution in [2.45, 2.75) is 52.0 Å². The molecule has 0 unspecified atom stereocenters. The van der Waals surface area contributed by atoms with Crippen LogP contribution in [0.2, 0.25) is 0 Å². The molecule has 0 atom stereocenters. The van der Waals surface area contributed by atoms with Crippen molar-refractivity contribution in [1.82, 2.24) is 5.32 Å². The van der Waals surface area contributed by atoms with Gasteiger partial charge in [-0.3, -0.25) is 0 Å². The van der Waals surface area contributed by atoms with Crippen molar-refractivity contribution >= 4 is 0 Å². The second kappa shape index (κ2) is 6.24. The third-order valence-electron chi connectivity index (χ3n) is 2.88. The number of nitrogens with one attached hydrogen (secondary N) is 1. The van der Waals surface area contributed by atoms with E-state index in [-0.39, 0.29) is 0 Å². The summed E-state index contributed by atoms with van der Waals surface area (Å²) >= 11 is 0. The summed E-state index contributed by atoms with van der Waals surface area (Å²) in [5.74, 6) is 0. The van der Waals surface area contributed by atoms with E-state index in [0.29, 0.717) is 5.54 Å². The van der Waals surface area contributed by atoms with Gasteiger partial charge in [0.1, 0.15) is 0 Å². The first-order valence-electron chi connectivity index (χ1n) is 5.10. The van der Waals surface area contributed by atoms with E-state index in [9.17, 15) is 0 Å². The lowest BCUT2D eigenvalue weighted by Crippen LogP contribution is -2.43. The normalized spacial score (nSPS) is 11.6. The van der Waals surface area contributed by atoms with Gasteiger partial charge in [-0.25, -0.2) is 0 Å². The maximum absolute atomic E-state index is 3.72. The molecule has 0 saturated heterocycles. The fourth-order valence-electron chi connectivity index (χ4n) is 1.56. The van der Waals surface area contributed by atoms with Crippen LogP contribution in [-0.2, 0) is 0 Å². The lowest BCUT2D eigenvalue weighted by Gasteiger charge is -2.31. The Morgan fingerprint density at radius 1 is 1.17 bits per heavy atom. The predicted octanol–water partition coefficient (Wildman–Crippen LogP) is 3.12. The third-order valence-corrected chi connectivity index (χ3v) is 2.88. The Balaban J connectivity index is 3.84. The Morgan fingerprint density at radius 2 is 1.67 bits per heavy atom. The minimum Gasteiger partial charge on any atom is -0.311 e. The second-order valence-electron chi connectivity index (χ2n) is 3.35. The Kier molecular flexibility index (Phi) is 6.09. The van der Waals surface area contributed by atoms with E-state index >= 15 is 0 Å². The van der Waals surface area contributed by atoms with Crippen molar-refractivity contribution in [2.24, 2.45) is 0 Å². The lowest BCUT2D eigenvalue weighted by atomic mass is 9.90. The van der Waals surface area contributed by atoms with E-state index in [0.717, 1.165) is 13.0 Å². The van der Waals surface area contributed by atoms with E-state index in [1.165, 1.54) is 19.3 Å². The molecule has 0 rings (SSSR count). The van der Waals surface area contributed by atoms with Crippen molar-refractivity contribution < 1.29 is 0 Å². The van der Waals surface area contributed by atoms with Gasteiger partial charge in [0.15, 0.2) is 0 Å². The molecule has 0 heterocycles. The number of hydrogen-bond donors (Lipinski definition) is 1. The topological polar surface area (TPSA) is 12.0 Å². The van der Waals surface area contributed by atoms with Crippen molar-refractivity contribution in [2.75, 3.05) is 6.54 Å². The van der Waals surface area contributed by atoms with E-state index in [1.54, 1.807) is 0 Å². The second-order valence-corrected chi connectivity index (χ2v) is 3.35. The molecule has 0 aliphatic heterocycles. The minimum atomic E-state index is 0.378. The van der Waals surface area contributed by atoms with Gasteiger partial charge in [-0.2, -0.15) is 0 Å². The monoisotopic (exact) mass is 169 g/mol. The third kappa shape index (κ3) is 3.40. The molecule has 1 N–H and O–H groups in total. The van der Waals surface area contributed by atoms with Crippen molar-refractivity contribution in [1.29, 1.82) is 0 Å². The molecule has 0 aliphatic carbocycles. The van der Waals surface area contributed by atoms with Gasteiger partial charge in [0, 0.05) is 5.54 Å². The van der Waals surface area contributed by atoms with Crippen LogP contribution in [0, 0.1) is 0 Å². The SMILES string of the molecule is C=CCCNC(CC)(CC)CC. The van der Waals surface area contributed by atoms with Crippen LogP contribution in [0.3, 0.4) is 0 Å². The quantitative estimate of drug-likeness (QED) is 0.456. The molecule has 1 heteroatoms. The van der Waals surface area contributed by atoms with Gasteiger partial charge in [0.2, 0.25) is 0 Å². The molecule has 72 valence electrons. The predicted molar refractivity (Wildman–Crippen MR) is 56.4 cm³/mol. The highest BCUT2D eigenvalue weighted by molar-refractivity contribution is 4.84. The van der Waals surface area contributed by atoms with Crippen LogP contribution in [0.5, 0.6) is 0 Å². The highest BCUT2D eigenvalue weighted by Gasteiger charge is 2.21. The fourth-order valence-corrected chi connectivity index (χ4v) is 1.56. The summed E-state index contributed by atoms with van der Waals surface area (Å²) in [5, 5.41) is 3.61. The highest BCUT2D eigenvalue weighted by atomic mass is 15.0. The van der Waals surface area contributed by atoms with Gasteiger partial charge >= 0.3 is 0 Å². The smallest absolute Gasteiger partial charge is 0.0173 e. The van der Waals surface area contributed by atoms with E-state index in [2.05, 4.69) is 32.7 Å². The highest BCUT2D eigenvalue weighted by Crippen LogP contribution is 2.18. The molecular formula is C11H23N. The standard InChI is InChI=1S/C11H23N/c1-5-9-10-12-11(6-2,7-3)8-4/h5,12H,1,6-10H2,2-4H3. The van der Waals surface area contributed by atoms with Gasteiger partial charge in [-0.05, 0) is 32.2 Å². The summed E-state index contributed by atoms with van der Waals surface area (Å²) in [7, 11) is 0. The van der Waals surface area contributed by atoms with Crippen molar-refractivity contribution in [3.63, 3.8) is 0 Å². The van der Waals surface area contributed by atoms with Crippen LogP contribution in [0.15, 0.2) is 12.7 Å². The molecule has 0 aromatic carbocycles. The molecule has 0 bridgehead atoms. The molecule has 1 nitrogen and oxygen atoms in total. The first-order valence-corrected chi connectivity index (χ1v) is 5.10. The minimum absolute atomic E-state index is 0.378. The first kappa shape index (κ1) is 11.7. The summed E-state index contributed by atoms with van der Waals surface area (Å²) in [4.78, 5) is 0. The van der Waals surface area contributed by atoms with E-state index < -0.39 is 0 Å². The van der Waals surface area contributed by atoms with Crippen molar-refractivity contribution in [3.8, 4) is 0 Å². The summed E-state index contributed by atoms with van der Waals surface area (Å²) in [6.45, 7) is 11.6. The van der Waals surface area contributed by atoms with Crippen molar-refractivity contribution in [3.05, 3.63) is 12.7 Å².